The summed E-state index contributed by atoms with van der Waals surface area (Å²) in [5.41, 5.74) is 11.9. The Bertz CT molecular complexity index is 3390. The summed E-state index contributed by atoms with van der Waals surface area (Å²) >= 11 is 1.84. The molecule has 8 aromatic carbocycles. The van der Waals surface area contributed by atoms with Gasteiger partial charge in [0.1, 0.15) is 11.2 Å². The van der Waals surface area contributed by atoms with E-state index < -0.39 is 0 Å². The molecule has 1 unspecified atom stereocenters. The minimum atomic E-state index is -0.0368. The minimum Gasteiger partial charge on any atom is -0.455 e. The summed E-state index contributed by atoms with van der Waals surface area (Å²) in [4.78, 5) is 10.6. The van der Waals surface area contributed by atoms with E-state index in [4.69, 9.17) is 14.4 Å². The van der Waals surface area contributed by atoms with Crippen molar-refractivity contribution in [2.75, 3.05) is 0 Å². The van der Waals surface area contributed by atoms with Gasteiger partial charge in [-0.05, 0) is 47.5 Å². The van der Waals surface area contributed by atoms with E-state index in [-0.39, 0.29) is 6.04 Å². The SMILES string of the molecule is c1ccc(C2=NC(c3ccccc3)CC(c3cccc4sc5cccc(-c6cccc7c6oc6cc(-n8c9ccccc9c9ccccc98)ccc67)c5c34)=N2)cc1. The number of aromatic nitrogens is 1. The predicted molar refractivity (Wildman–Crippen MR) is 240 cm³/mol. The van der Waals surface area contributed by atoms with Crippen LogP contribution in [-0.2, 0) is 0 Å². The Labute approximate surface area is 332 Å². The number of nitrogens with zero attached hydrogens (tertiary/aromatic N) is 3. The fourth-order valence-corrected chi connectivity index (χ4v) is 10.2. The number of furan rings is 1. The van der Waals surface area contributed by atoms with Gasteiger partial charge in [-0.2, -0.15) is 0 Å². The molecule has 0 radical (unpaired) electrons. The molecule has 0 spiro atoms. The maximum Gasteiger partial charge on any atom is 0.155 e. The van der Waals surface area contributed by atoms with E-state index in [0.717, 1.165) is 61.4 Å². The summed E-state index contributed by atoms with van der Waals surface area (Å²) < 4.78 is 11.8. The van der Waals surface area contributed by atoms with Gasteiger partial charge in [-0.1, -0.05) is 140 Å². The number of aliphatic imine (C=N–C) groups is 2. The van der Waals surface area contributed by atoms with Crippen LogP contribution in [0.5, 0.6) is 0 Å². The first-order valence-electron chi connectivity index (χ1n) is 19.4. The normalized spacial score (nSPS) is 14.6. The molecule has 1 atom stereocenters. The van der Waals surface area contributed by atoms with Crippen LogP contribution >= 0.6 is 11.3 Å². The molecule has 0 aliphatic carbocycles. The van der Waals surface area contributed by atoms with Gasteiger partial charge in [0.25, 0.3) is 0 Å². The second kappa shape index (κ2) is 12.7. The van der Waals surface area contributed by atoms with E-state index in [0.29, 0.717) is 6.42 Å². The third-order valence-corrected chi connectivity index (χ3v) is 12.7. The van der Waals surface area contributed by atoms with Gasteiger partial charge in [0, 0.05) is 76.6 Å². The van der Waals surface area contributed by atoms with Gasteiger partial charge in [0.05, 0.1) is 22.8 Å². The number of benzene rings is 8. The molecule has 3 aromatic heterocycles. The van der Waals surface area contributed by atoms with Crippen LogP contribution in [0.4, 0.5) is 0 Å². The average Bonchev–Trinajstić information content (AvgIpc) is 3.96. The molecule has 0 saturated carbocycles. The Kier molecular flexibility index (Phi) is 7.19. The number of thiophene rings is 1. The number of para-hydroxylation sites is 3. The van der Waals surface area contributed by atoms with Crippen LogP contribution in [0.2, 0.25) is 0 Å². The zero-order valence-electron chi connectivity index (χ0n) is 30.8. The molecule has 1 aliphatic heterocycles. The van der Waals surface area contributed by atoms with Crippen molar-refractivity contribution >= 4 is 86.8 Å². The molecule has 0 amide bonds. The van der Waals surface area contributed by atoms with Gasteiger partial charge in [-0.3, -0.25) is 4.99 Å². The summed E-state index contributed by atoms with van der Waals surface area (Å²) in [6.45, 7) is 0. The third kappa shape index (κ3) is 5.06. The van der Waals surface area contributed by atoms with E-state index in [1.807, 2.05) is 17.4 Å². The van der Waals surface area contributed by atoms with Crippen LogP contribution in [-0.4, -0.2) is 16.1 Å². The molecular formula is C52H33N3OS. The zero-order valence-corrected chi connectivity index (χ0v) is 31.6. The first-order valence-corrected chi connectivity index (χ1v) is 20.2. The molecule has 1 aliphatic rings. The van der Waals surface area contributed by atoms with Crippen LogP contribution in [0.25, 0.3) is 80.7 Å². The van der Waals surface area contributed by atoms with Gasteiger partial charge in [0.2, 0.25) is 0 Å². The van der Waals surface area contributed by atoms with Crippen LogP contribution < -0.4 is 0 Å². The number of amidine groups is 1. The molecule has 4 nitrogen and oxygen atoms in total. The van der Waals surface area contributed by atoms with Gasteiger partial charge >= 0.3 is 0 Å². The molecule has 0 fully saturated rings. The Morgan fingerprint density at radius 2 is 1.14 bits per heavy atom. The van der Waals surface area contributed by atoms with E-state index in [9.17, 15) is 0 Å². The molecule has 12 rings (SSSR count). The Morgan fingerprint density at radius 3 is 1.89 bits per heavy atom. The van der Waals surface area contributed by atoms with Crippen molar-refractivity contribution in [1.29, 1.82) is 0 Å². The summed E-state index contributed by atoms with van der Waals surface area (Å²) in [5.74, 6) is 0.773. The lowest BCUT2D eigenvalue weighted by Gasteiger charge is -2.22. The zero-order chi connectivity index (χ0) is 37.5. The van der Waals surface area contributed by atoms with Crippen molar-refractivity contribution in [3.05, 3.63) is 199 Å². The van der Waals surface area contributed by atoms with Crippen molar-refractivity contribution < 1.29 is 4.42 Å². The number of hydrogen-bond donors (Lipinski definition) is 0. The van der Waals surface area contributed by atoms with Crippen LogP contribution in [0.3, 0.4) is 0 Å². The molecule has 268 valence electrons. The molecule has 0 saturated heterocycles. The van der Waals surface area contributed by atoms with Crippen molar-refractivity contribution in [3.63, 3.8) is 0 Å². The molecule has 11 aromatic rings. The van der Waals surface area contributed by atoms with E-state index in [1.54, 1.807) is 0 Å². The highest BCUT2D eigenvalue weighted by molar-refractivity contribution is 7.26. The van der Waals surface area contributed by atoms with Gasteiger partial charge < -0.3 is 8.98 Å². The lowest BCUT2D eigenvalue weighted by Crippen LogP contribution is -2.17. The van der Waals surface area contributed by atoms with Crippen molar-refractivity contribution in [2.24, 2.45) is 9.98 Å². The van der Waals surface area contributed by atoms with E-state index >= 15 is 0 Å². The monoisotopic (exact) mass is 747 g/mol. The van der Waals surface area contributed by atoms with Crippen molar-refractivity contribution in [2.45, 2.75) is 12.5 Å². The third-order valence-electron chi connectivity index (χ3n) is 11.6. The first kappa shape index (κ1) is 32.2. The highest BCUT2D eigenvalue weighted by Crippen LogP contribution is 2.46. The number of hydrogen-bond acceptors (Lipinski definition) is 4. The summed E-state index contributed by atoms with van der Waals surface area (Å²) in [7, 11) is 0. The Hall–Kier alpha value is -7.08. The fraction of sp³-hybridized carbons (Fsp3) is 0.0385. The summed E-state index contributed by atoms with van der Waals surface area (Å²) in [6.07, 6.45) is 0.715. The molecule has 4 heterocycles. The standard InChI is InChI=1S/C52H33N3OS/c1-3-14-32(15-4-1)42-31-43(54-52(53-42)33-16-5-2-6-17-33)41-23-13-27-48-50(41)49-38(20-12-26-47(49)57-48)40-22-11-21-39-37-29-28-34(30-46(37)56-51(39)40)55-44-24-9-7-18-35(44)36-19-8-10-25-45(36)55/h1-30,42H,31H2. The number of rotatable bonds is 5. The molecule has 0 bridgehead atoms. The Morgan fingerprint density at radius 1 is 0.526 bits per heavy atom. The lowest BCUT2D eigenvalue weighted by atomic mass is 9.91. The van der Waals surface area contributed by atoms with Gasteiger partial charge in [0.15, 0.2) is 5.84 Å². The summed E-state index contributed by atoms with van der Waals surface area (Å²) in [6, 6.07) is 64.8. The summed E-state index contributed by atoms with van der Waals surface area (Å²) in [5, 5.41) is 7.17. The second-order valence-corrected chi connectivity index (χ2v) is 15.9. The smallest absolute Gasteiger partial charge is 0.155 e. The molecular weight excluding hydrogens is 715 g/mol. The molecule has 57 heavy (non-hydrogen) atoms. The number of fused-ring (bicyclic) bond motifs is 9. The molecule has 0 N–H and O–H groups in total. The quantitative estimate of drug-likeness (QED) is 0.173. The van der Waals surface area contributed by atoms with Crippen molar-refractivity contribution in [3.8, 4) is 16.8 Å². The van der Waals surface area contributed by atoms with Crippen LogP contribution in [0, 0.1) is 0 Å². The minimum absolute atomic E-state index is 0.0368. The van der Waals surface area contributed by atoms with E-state index in [1.165, 1.54) is 47.5 Å². The average molecular weight is 748 g/mol. The van der Waals surface area contributed by atoms with Crippen LogP contribution in [0.1, 0.15) is 29.2 Å². The molecule has 5 heteroatoms. The maximum absolute atomic E-state index is 6.96. The lowest BCUT2D eigenvalue weighted by molar-refractivity contribution is 0.670. The highest BCUT2D eigenvalue weighted by Gasteiger charge is 2.25. The van der Waals surface area contributed by atoms with E-state index in [2.05, 4.69) is 180 Å². The van der Waals surface area contributed by atoms with Crippen molar-refractivity contribution in [1.82, 2.24) is 4.57 Å². The maximum atomic E-state index is 6.96. The first-order chi connectivity index (χ1) is 28.3. The predicted octanol–water partition coefficient (Wildman–Crippen LogP) is 14.1. The fourth-order valence-electron chi connectivity index (χ4n) is 9.01. The van der Waals surface area contributed by atoms with Crippen LogP contribution in [0.15, 0.2) is 196 Å². The second-order valence-electron chi connectivity index (χ2n) is 14.8. The van der Waals surface area contributed by atoms with Gasteiger partial charge in [-0.25, -0.2) is 4.99 Å². The van der Waals surface area contributed by atoms with Gasteiger partial charge in [-0.15, -0.1) is 11.3 Å². The topological polar surface area (TPSA) is 42.8 Å². The largest absolute Gasteiger partial charge is 0.455 e. The highest BCUT2D eigenvalue weighted by atomic mass is 32.1. The Balaban J connectivity index is 1.05.